The van der Waals surface area contributed by atoms with Crippen molar-refractivity contribution in [3.05, 3.63) is 82.1 Å². The van der Waals surface area contributed by atoms with Crippen LogP contribution in [-0.4, -0.2) is 46.5 Å². The van der Waals surface area contributed by atoms with Gasteiger partial charge in [-0.3, -0.25) is 4.79 Å². The Labute approximate surface area is 256 Å². The largest absolute Gasteiger partial charge is 0.348 e. The number of aromatic nitrogens is 3. The molecule has 3 aromatic rings. The van der Waals surface area contributed by atoms with Gasteiger partial charge in [-0.05, 0) is 65.9 Å². The topological polar surface area (TPSA) is 105 Å². The lowest BCUT2D eigenvalue weighted by molar-refractivity contribution is -0.760. The molecule has 222 valence electrons. The molecule has 0 spiro atoms. The van der Waals surface area contributed by atoms with Crippen LogP contribution in [0.15, 0.2) is 60.9 Å². The smallest absolute Gasteiger partial charge is 0.274 e. The summed E-state index contributed by atoms with van der Waals surface area (Å²) in [5, 5.41) is 20.2. The number of benzene rings is 2. The van der Waals surface area contributed by atoms with Gasteiger partial charge in [0.25, 0.3) is 5.91 Å². The van der Waals surface area contributed by atoms with E-state index >= 15 is 0 Å². The van der Waals surface area contributed by atoms with E-state index in [2.05, 4.69) is 42.8 Å². The van der Waals surface area contributed by atoms with Crippen molar-refractivity contribution in [3.63, 3.8) is 0 Å². The van der Waals surface area contributed by atoms with Gasteiger partial charge in [-0.25, -0.2) is 0 Å². The zero-order valence-corrected chi connectivity index (χ0v) is 26.0. The summed E-state index contributed by atoms with van der Waals surface area (Å²) in [6.45, 7) is 11.1. The molecule has 42 heavy (non-hydrogen) atoms. The van der Waals surface area contributed by atoms with Crippen molar-refractivity contribution in [2.24, 2.45) is 5.41 Å². The number of rotatable bonds is 7. The lowest BCUT2D eigenvalue weighted by Gasteiger charge is -2.37. The molecule has 9 nitrogen and oxygen atoms in total. The van der Waals surface area contributed by atoms with Gasteiger partial charge in [0.1, 0.15) is 23.3 Å². The Hall–Kier alpha value is -3.00. The van der Waals surface area contributed by atoms with Gasteiger partial charge in [0, 0.05) is 22.0 Å². The predicted octanol–water partition coefficient (Wildman–Crippen LogP) is 4.72. The predicted molar refractivity (Wildman–Crippen MR) is 159 cm³/mol. The normalized spacial score (nSPS) is 27.1. The zero-order valence-electron chi connectivity index (χ0n) is 24.5. The van der Waals surface area contributed by atoms with Crippen molar-refractivity contribution >= 4 is 29.1 Å². The van der Waals surface area contributed by atoms with E-state index in [1.54, 1.807) is 35.3 Å². The second-order valence-electron chi connectivity index (χ2n) is 12.8. The van der Waals surface area contributed by atoms with E-state index in [0.29, 0.717) is 29.6 Å². The van der Waals surface area contributed by atoms with Crippen LogP contribution >= 0.6 is 23.2 Å². The molecule has 5 atom stereocenters. The second-order valence-corrected chi connectivity index (χ2v) is 13.6. The van der Waals surface area contributed by atoms with E-state index in [1.807, 2.05) is 44.2 Å². The van der Waals surface area contributed by atoms with Crippen LogP contribution in [0.25, 0.3) is 0 Å². The van der Waals surface area contributed by atoms with Gasteiger partial charge < -0.3 is 14.8 Å². The van der Waals surface area contributed by atoms with Gasteiger partial charge in [-0.15, -0.1) is 4.68 Å². The Bertz CT molecular complexity index is 1480. The van der Waals surface area contributed by atoms with Gasteiger partial charge in [0.2, 0.25) is 0 Å². The molecule has 2 N–H and O–H groups in total. The Morgan fingerprint density at radius 3 is 2.57 bits per heavy atom. The third-order valence-corrected chi connectivity index (χ3v) is 8.33. The fourth-order valence-corrected chi connectivity index (χ4v) is 6.51. The molecule has 0 unspecified atom stereocenters. The summed E-state index contributed by atoms with van der Waals surface area (Å²) >= 11 is 12.7. The summed E-state index contributed by atoms with van der Waals surface area (Å²) in [6.07, 6.45) is 3.93. The van der Waals surface area contributed by atoms with Gasteiger partial charge in [0.05, 0.1) is 18.7 Å². The van der Waals surface area contributed by atoms with Crippen molar-refractivity contribution in [2.45, 2.75) is 82.9 Å². The first kappa shape index (κ1) is 30.5. The highest BCUT2D eigenvalue weighted by molar-refractivity contribution is 6.30. The summed E-state index contributed by atoms with van der Waals surface area (Å²) in [5.74, 6) is -1.52. The molecule has 2 fully saturated rings. The Morgan fingerprint density at radius 2 is 1.95 bits per heavy atom. The third-order valence-electron chi connectivity index (χ3n) is 7.84. The number of carbonyl (C=O) groups excluding carboxylic acids is 1. The zero-order chi connectivity index (χ0) is 30.3. The number of hydrogen-bond donors (Lipinski definition) is 2. The highest BCUT2D eigenvalue weighted by atomic mass is 35.5. The molecule has 2 aliphatic heterocycles. The molecule has 3 heterocycles. The van der Waals surface area contributed by atoms with Gasteiger partial charge in [-0.1, -0.05) is 68.2 Å². The first-order valence-electron chi connectivity index (χ1n) is 14.1. The maximum atomic E-state index is 14.1. The van der Waals surface area contributed by atoms with Crippen LogP contribution in [-0.2, 0) is 26.2 Å². The van der Waals surface area contributed by atoms with Gasteiger partial charge in [0.15, 0.2) is 18.2 Å². The molecule has 0 radical (unpaired) electrons. The monoisotopic (exact) mass is 611 g/mol. The van der Waals surface area contributed by atoms with E-state index < -0.39 is 23.2 Å². The Balaban J connectivity index is 1.50. The molecule has 0 saturated carbocycles. The standard InChI is InChI=1S/C31H36Cl2N6O3/c1-29(2,3)16-25-31(19-34,21-9-11-22(32)12-10-21)26(20-7-6-8-23(33)15-20)27(35-25)28(40)36-39-14-13-38(37-39)17-24-18-41-30(4,5)42-24/h6-15,24-27,35H,16-18H2,1-5H3/p+1/t24-,25+,26+,27-,31+/m1/s1. The highest BCUT2D eigenvalue weighted by Gasteiger charge is 2.60. The first-order chi connectivity index (χ1) is 19.8. The number of ether oxygens (including phenoxy) is 2. The van der Waals surface area contributed by atoms with E-state index in [0.717, 1.165) is 11.1 Å². The minimum Gasteiger partial charge on any atom is -0.348 e. The average Bonchev–Trinajstić information content (AvgIpc) is 3.59. The van der Waals surface area contributed by atoms with E-state index in [1.165, 1.54) is 4.79 Å². The van der Waals surface area contributed by atoms with Crippen LogP contribution in [0, 0.1) is 16.7 Å². The van der Waals surface area contributed by atoms with Crippen molar-refractivity contribution in [1.82, 2.24) is 15.3 Å². The van der Waals surface area contributed by atoms with Crippen LogP contribution in [0.3, 0.4) is 0 Å². The molecular weight excluding hydrogens is 575 g/mol. The Kier molecular flexibility index (Phi) is 8.40. The second kappa shape index (κ2) is 11.6. The molecule has 2 aromatic carbocycles. The number of nitriles is 1. The van der Waals surface area contributed by atoms with Crippen molar-refractivity contribution in [3.8, 4) is 6.07 Å². The van der Waals surface area contributed by atoms with E-state index in [4.69, 9.17) is 32.7 Å². The van der Waals surface area contributed by atoms with Crippen molar-refractivity contribution in [1.29, 1.82) is 5.26 Å². The summed E-state index contributed by atoms with van der Waals surface area (Å²) in [6, 6.07) is 16.3. The van der Waals surface area contributed by atoms with Crippen molar-refractivity contribution in [2.75, 3.05) is 12.0 Å². The highest BCUT2D eigenvalue weighted by Crippen LogP contribution is 2.51. The molecule has 0 bridgehead atoms. The van der Waals surface area contributed by atoms with Gasteiger partial charge in [-0.2, -0.15) is 10.7 Å². The summed E-state index contributed by atoms with van der Waals surface area (Å²) in [4.78, 5) is 15.5. The molecule has 11 heteroatoms. The lowest BCUT2D eigenvalue weighted by atomic mass is 9.63. The SMILES string of the molecule is CC(C)(C)C[C@@H]1N[C@@H](C(=O)Nn2cc[n+](C[C@@H]3COC(C)(C)O3)n2)[C@H](c2cccc(Cl)c2)[C@@]1(C#N)c1ccc(Cl)cc1. The number of amides is 1. The van der Waals surface area contributed by atoms with E-state index in [9.17, 15) is 10.1 Å². The fraction of sp³-hybridized carbons (Fsp3) is 0.484. The Morgan fingerprint density at radius 1 is 1.21 bits per heavy atom. The molecule has 1 amide bonds. The van der Waals surface area contributed by atoms with Crippen LogP contribution in [0.5, 0.6) is 0 Å². The van der Waals surface area contributed by atoms with Crippen LogP contribution in [0.4, 0.5) is 0 Å². The number of nitrogens with zero attached hydrogens (tertiary/aromatic N) is 4. The molecule has 1 aromatic heterocycles. The van der Waals surface area contributed by atoms with Crippen LogP contribution in [0.2, 0.25) is 10.0 Å². The molecule has 5 rings (SSSR count). The molecule has 2 saturated heterocycles. The molecule has 2 aliphatic rings. The minimum absolute atomic E-state index is 0.134. The average molecular weight is 613 g/mol. The maximum Gasteiger partial charge on any atom is 0.274 e. The lowest BCUT2D eigenvalue weighted by Crippen LogP contribution is -2.47. The number of halogens is 2. The molecular formula is C31H37Cl2N6O3+. The molecule has 0 aliphatic carbocycles. The first-order valence-corrected chi connectivity index (χ1v) is 14.8. The summed E-state index contributed by atoms with van der Waals surface area (Å²) < 4.78 is 13.2. The number of carbonyl (C=O) groups is 1. The third kappa shape index (κ3) is 6.34. The fourth-order valence-electron chi connectivity index (χ4n) is 6.18. The summed E-state index contributed by atoms with van der Waals surface area (Å²) in [7, 11) is 0. The van der Waals surface area contributed by atoms with Crippen LogP contribution in [0.1, 0.15) is 58.1 Å². The number of hydrogen-bond acceptors (Lipinski definition) is 6. The maximum absolute atomic E-state index is 14.1. The summed E-state index contributed by atoms with van der Waals surface area (Å²) in [5.41, 5.74) is 3.26. The van der Waals surface area contributed by atoms with Crippen molar-refractivity contribution < 1.29 is 19.0 Å². The van der Waals surface area contributed by atoms with Crippen LogP contribution < -0.4 is 15.4 Å². The van der Waals surface area contributed by atoms with E-state index in [-0.39, 0.29) is 23.5 Å². The minimum atomic E-state index is -1.10. The quantitative estimate of drug-likeness (QED) is 0.375. The number of nitrogens with one attached hydrogen (secondary N) is 2. The van der Waals surface area contributed by atoms with Gasteiger partial charge >= 0.3 is 0 Å².